The van der Waals surface area contributed by atoms with E-state index in [1.54, 1.807) is 24.5 Å². The summed E-state index contributed by atoms with van der Waals surface area (Å²) in [7, 11) is -3.75. The Balaban J connectivity index is 1.53. The van der Waals surface area contributed by atoms with Crippen molar-refractivity contribution in [2.45, 2.75) is 37.1 Å². The summed E-state index contributed by atoms with van der Waals surface area (Å²) in [6.45, 7) is 0.563. The Bertz CT molecular complexity index is 1520. The van der Waals surface area contributed by atoms with Gasteiger partial charge in [0.2, 0.25) is 10.0 Å². The molecule has 0 bridgehead atoms. The molecule has 0 fully saturated rings. The number of benzene rings is 3. The van der Waals surface area contributed by atoms with Crippen molar-refractivity contribution < 1.29 is 18.3 Å². The maximum Gasteiger partial charge on any atom is 0.303 e. The number of carboxylic acid groups (broad SMARTS) is 1. The van der Waals surface area contributed by atoms with Gasteiger partial charge in [0.05, 0.1) is 4.90 Å². The van der Waals surface area contributed by atoms with Gasteiger partial charge in [-0.1, -0.05) is 78.3 Å². The second-order valence-corrected chi connectivity index (χ2v) is 11.7. The lowest BCUT2D eigenvalue weighted by atomic mass is 9.96. The van der Waals surface area contributed by atoms with Crippen molar-refractivity contribution in [2.75, 3.05) is 6.54 Å². The van der Waals surface area contributed by atoms with E-state index in [1.165, 1.54) is 16.4 Å². The zero-order chi connectivity index (χ0) is 28.4. The minimum atomic E-state index is -3.75. The van der Waals surface area contributed by atoms with Crippen molar-refractivity contribution in [2.24, 2.45) is 0 Å². The number of hydrogen-bond donors (Lipinski definition) is 1. The molecule has 0 aliphatic heterocycles. The molecule has 0 saturated carbocycles. The van der Waals surface area contributed by atoms with Crippen molar-refractivity contribution in [3.8, 4) is 0 Å². The first-order valence-corrected chi connectivity index (χ1v) is 14.9. The molecule has 206 valence electrons. The van der Waals surface area contributed by atoms with Crippen LogP contribution in [0.2, 0.25) is 5.02 Å². The van der Waals surface area contributed by atoms with Crippen LogP contribution in [0.25, 0.3) is 5.57 Å². The van der Waals surface area contributed by atoms with Crippen LogP contribution in [0.3, 0.4) is 0 Å². The average molecular weight is 575 g/mol. The largest absolute Gasteiger partial charge is 0.481 e. The summed E-state index contributed by atoms with van der Waals surface area (Å²) in [5, 5.41) is 9.45. The molecule has 0 saturated heterocycles. The topological polar surface area (TPSA) is 87.6 Å². The third kappa shape index (κ3) is 8.11. The van der Waals surface area contributed by atoms with Crippen molar-refractivity contribution >= 4 is 33.2 Å². The quantitative estimate of drug-likeness (QED) is 0.176. The molecular formula is C32H31ClN2O4S. The molecule has 1 N–H and O–H groups in total. The Morgan fingerprint density at radius 1 is 0.875 bits per heavy atom. The van der Waals surface area contributed by atoms with Crippen LogP contribution in [0.4, 0.5) is 0 Å². The number of sulfonamides is 1. The molecule has 1 aromatic heterocycles. The number of rotatable bonds is 13. The van der Waals surface area contributed by atoms with E-state index in [4.69, 9.17) is 16.7 Å². The number of carbonyl (C=O) groups is 1. The summed E-state index contributed by atoms with van der Waals surface area (Å²) in [6.07, 6.45) is 7.40. The van der Waals surface area contributed by atoms with Crippen LogP contribution in [-0.2, 0) is 27.8 Å². The van der Waals surface area contributed by atoms with Crippen molar-refractivity contribution in [1.29, 1.82) is 0 Å². The third-order valence-corrected chi connectivity index (χ3v) is 8.60. The van der Waals surface area contributed by atoms with Gasteiger partial charge in [-0.2, -0.15) is 4.31 Å². The minimum absolute atomic E-state index is 0.119. The van der Waals surface area contributed by atoms with Gasteiger partial charge in [0.25, 0.3) is 0 Å². The maximum absolute atomic E-state index is 13.6. The second kappa shape index (κ2) is 14.0. The first-order chi connectivity index (χ1) is 19.3. The molecule has 4 rings (SSSR count). The Labute approximate surface area is 240 Å². The molecule has 0 atom stereocenters. The molecule has 0 aliphatic rings. The van der Waals surface area contributed by atoms with Crippen LogP contribution in [0.15, 0.2) is 114 Å². The summed E-state index contributed by atoms with van der Waals surface area (Å²) < 4.78 is 28.6. The van der Waals surface area contributed by atoms with Gasteiger partial charge in [-0.05, 0) is 71.9 Å². The molecule has 3 aromatic carbocycles. The molecule has 1 heterocycles. The number of aromatic nitrogens is 1. The smallest absolute Gasteiger partial charge is 0.303 e. The van der Waals surface area contributed by atoms with Gasteiger partial charge in [0.15, 0.2) is 0 Å². The Kier molecular flexibility index (Phi) is 10.2. The highest BCUT2D eigenvalue weighted by molar-refractivity contribution is 7.89. The summed E-state index contributed by atoms with van der Waals surface area (Å²) in [5.41, 5.74) is 4.84. The van der Waals surface area contributed by atoms with E-state index >= 15 is 0 Å². The van der Waals surface area contributed by atoms with Crippen LogP contribution in [0, 0.1) is 0 Å². The van der Waals surface area contributed by atoms with E-state index in [1.807, 2.05) is 66.7 Å². The summed E-state index contributed by atoms with van der Waals surface area (Å²) in [4.78, 5) is 15.4. The molecule has 8 heteroatoms. The molecule has 0 spiro atoms. The van der Waals surface area contributed by atoms with Gasteiger partial charge in [0.1, 0.15) is 0 Å². The van der Waals surface area contributed by atoms with Gasteiger partial charge >= 0.3 is 5.97 Å². The normalized spacial score (nSPS) is 12.0. The monoisotopic (exact) mass is 574 g/mol. The highest BCUT2D eigenvalue weighted by Gasteiger charge is 2.24. The molecule has 0 radical (unpaired) electrons. The van der Waals surface area contributed by atoms with Gasteiger partial charge in [-0.25, -0.2) is 8.42 Å². The number of pyridine rings is 1. The van der Waals surface area contributed by atoms with Crippen LogP contribution in [0.1, 0.15) is 41.5 Å². The van der Waals surface area contributed by atoms with Crippen molar-refractivity contribution in [3.63, 3.8) is 0 Å². The second-order valence-electron chi connectivity index (χ2n) is 9.37. The third-order valence-electron chi connectivity index (χ3n) is 6.48. The van der Waals surface area contributed by atoms with E-state index < -0.39 is 16.0 Å². The van der Waals surface area contributed by atoms with Crippen LogP contribution in [-0.4, -0.2) is 35.3 Å². The van der Waals surface area contributed by atoms with Crippen molar-refractivity contribution in [1.82, 2.24) is 9.29 Å². The molecule has 6 nitrogen and oxygen atoms in total. The van der Waals surface area contributed by atoms with Crippen LogP contribution < -0.4 is 0 Å². The zero-order valence-corrected chi connectivity index (χ0v) is 23.6. The highest BCUT2D eigenvalue weighted by Crippen LogP contribution is 2.25. The maximum atomic E-state index is 13.6. The average Bonchev–Trinajstić information content (AvgIpc) is 2.97. The summed E-state index contributed by atoms with van der Waals surface area (Å²) in [5.74, 6) is -0.805. The van der Waals surface area contributed by atoms with E-state index in [0.29, 0.717) is 30.8 Å². The number of carboxylic acids is 1. The lowest BCUT2D eigenvalue weighted by molar-refractivity contribution is -0.137. The standard InChI is InChI=1S/C32H31ClN2O4S/c33-29-16-18-30(19-17-29)40(38,39)35(24-26-7-2-1-3-8-26)22-20-25-12-14-27(15-13-25)31(10-4-5-11-32(36)37)28-9-6-21-34-23-28/h1-3,6-10,12-19,21,23H,4-5,11,20,22,24H2,(H,36,37)/b31-10+. The molecular weight excluding hydrogens is 544 g/mol. The fraction of sp³-hybridized carbons (Fsp3) is 0.188. The van der Waals surface area contributed by atoms with E-state index in [2.05, 4.69) is 11.1 Å². The number of halogens is 1. The lowest BCUT2D eigenvalue weighted by Crippen LogP contribution is -2.32. The van der Waals surface area contributed by atoms with Gasteiger partial charge in [0, 0.05) is 42.5 Å². The number of nitrogens with zero attached hydrogens (tertiary/aromatic N) is 2. The minimum Gasteiger partial charge on any atom is -0.481 e. The number of hydrogen-bond acceptors (Lipinski definition) is 4. The molecule has 0 aliphatic carbocycles. The number of unbranched alkanes of at least 4 members (excludes halogenated alkanes) is 1. The first kappa shape index (κ1) is 29.2. The zero-order valence-electron chi connectivity index (χ0n) is 22.0. The van der Waals surface area contributed by atoms with Crippen molar-refractivity contribution in [3.05, 3.63) is 137 Å². The van der Waals surface area contributed by atoms with E-state index in [-0.39, 0.29) is 17.9 Å². The first-order valence-electron chi connectivity index (χ1n) is 13.0. The number of aliphatic carboxylic acids is 1. The Morgan fingerprint density at radius 2 is 1.60 bits per heavy atom. The Morgan fingerprint density at radius 3 is 2.25 bits per heavy atom. The SMILES string of the molecule is O=C(O)CCC/C=C(\c1ccc(CCN(Cc2ccccc2)S(=O)(=O)c2ccc(Cl)cc2)cc1)c1cccnc1. The van der Waals surface area contributed by atoms with Gasteiger partial charge in [-0.3, -0.25) is 9.78 Å². The molecule has 40 heavy (non-hydrogen) atoms. The molecule has 0 amide bonds. The Hall–Kier alpha value is -3.78. The molecule has 0 unspecified atom stereocenters. The van der Waals surface area contributed by atoms with E-state index in [9.17, 15) is 13.2 Å². The fourth-order valence-corrected chi connectivity index (χ4v) is 5.91. The predicted molar refractivity (Wildman–Crippen MR) is 158 cm³/mol. The predicted octanol–water partition coefficient (Wildman–Crippen LogP) is 6.86. The van der Waals surface area contributed by atoms with Crippen LogP contribution in [0.5, 0.6) is 0 Å². The highest BCUT2D eigenvalue weighted by atomic mass is 35.5. The fourth-order valence-electron chi connectivity index (χ4n) is 4.36. The van der Waals surface area contributed by atoms with Gasteiger partial charge in [-0.15, -0.1) is 0 Å². The van der Waals surface area contributed by atoms with Gasteiger partial charge < -0.3 is 5.11 Å². The lowest BCUT2D eigenvalue weighted by Gasteiger charge is -2.23. The van der Waals surface area contributed by atoms with E-state index in [0.717, 1.165) is 27.8 Å². The molecule has 4 aromatic rings. The number of allylic oxidation sites excluding steroid dienone is 1. The van der Waals surface area contributed by atoms with Crippen LogP contribution >= 0.6 is 11.6 Å². The summed E-state index contributed by atoms with van der Waals surface area (Å²) >= 11 is 5.99. The summed E-state index contributed by atoms with van der Waals surface area (Å²) in [6, 6.07) is 27.7.